The first-order valence-electron chi connectivity index (χ1n) is 6.64. The number of hydrogen-bond acceptors (Lipinski definition) is 2. The van der Waals surface area contributed by atoms with Crippen LogP contribution in [0.3, 0.4) is 0 Å². The number of rotatable bonds is 5. The van der Waals surface area contributed by atoms with Gasteiger partial charge in [-0.2, -0.15) is 0 Å². The Balaban J connectivity index is 2.32. The fourth-order valence-electron chi connectivity index (χ4n) is 2.23. The monoisotopic (exact) mass is 226 g/mol. The molecule has 1 saturated heterocycles. The summed E-state index contributed by atoms with van der Waals surface area (Å²) < 4.78 is 0. The van der Waals surface area contributed by atoms with Crippen LogP contribution in [0.4, 0.5) is 0 Å². The zero-order valence-electron chi connectivity index (χ0n) is 11.0. The van der Waals surface area contributed by atoms with Crippen LogP contribution in [-0.2, 0) is 4.79 Å². The number of carbonyl (C=O) groups is 1. The summed E-state index contributed by atoms with van der Waals surface area (Å²) in [6.45, 7) is 9.33. The van der Waals surface area contributed by atoms with Crippen LogP contribution >= 0.6 is 0 Å². The number of piperidine rings is 1. The van der Waals surface area contributed by atoms with Crippen LogP contribution < -0.4 is 5.32 Å². The molecule has 0 aromatic heterocycles. The molecule has 0 aromatic rings. The zero-order chi connectivity index (χ0) is 12.0. The number of nitrogens with zero attached hydrogens (tertiary/aromatic N) is 1. The molecule has 1 aliphatic rings. The average molecular weight is 226 g/mol. The largest absolute Gasteiger partial charge is 0.341 e. The molecule has 0 spiro atoms. The molecule has 0 bridgehead atoms. The number of nitrogens with one attached hydrogen (secondary N) is 1. The third-order valence-corrected chi connectivity index (χ3v) is 3.20. The Morgan fingerprint density at radius 2 is 2.25 bits per heavy atom. The van der Waals surface area contributed by atoms with Crippen molar-refractivity contribution in [2.24, 2.45) is 5.92 Å². The first-order chi connectivity index (χ1) is 7.63. The van der Waals surface area contributed by atoms with Crippen LogP contribution in [0.25, 0.3) is 0 Å². The Hall–Kier alpha value is -0.570. The second-order valence-corrected chi connectivity index (χ2v) is 5.17. The van der Waals surface area contributed by atoms with E-state index in [4.69, 9.17) is 0 Å². The minimum absolute atomic E-state index is 0.344. The summed E-state index contributed by atoms with van der Waals surface area (Å²) in [5.41, 5.74) is 0. The summed E-state index contributed by atoms with van der Waals surface area (Å²) in [6.07, 6.45) is 4.09. The second-order valence-electron chi connectivity index (χ2n) is 5.17. The van der Waals surface area contributed by atoms with Crippen molar-refractivity contribution in [1.82, 2.24) is 10.2 Å². The number of likely N-dealkylation sites (tertiary alicyclic amines) is 1. The molecule has 1 rings (SSSR count). The van der Waals surface area contributed by atoms with E-state index in [-0.39, 0.29) is 0 Å². The first kappa shape index (κ1) is 13.5. The molecule has 1 unspecified atom stereocenters. The molecule has 1 fully saturated rings. The van der Waals surface area contributed by atoms with Crippen LogP contribution in [-0.4, -0.2) is 36.5 Å². The number of amides is 1. The van der Waals surface area contributed by atoms with Gasteiger partial charge in [0.15, 0.2) is 0 Å². The highest BCUT2D eigenvalue weighted by molar-refractivity contribution is 5.76. The van der Waals surface area contributed by atoms with Gasteiger partial charge in [-0.3, -0.25) is 4.79 Å². The molecular formula is C13H26N2O. The Kier molecular flexibility index (Phi) is 5.81. The molecule has 3 heteroatoms. The van der Waals surface area contributed by atoms with Crippen molar-refractivity contribution in [2.45, 2.75) is 52.5 Å². The lowest BCUT2D eigenvalue weighted by atomic mass is 10.0. The summed E-state index contributed by atoms with van der Waals surface area (Å²) in [4.78, 5) is 14.0. The maximum Gasteiger partial charge on any atom is 0.222 e. The van der Waals surface area contributed by atoms with Crippen molar-refractivity contribution < 1.29 is 4.79 Å². The standard InChI is InChI=1S/C13H26N2O/c1-4-14-12-6-5-9-15(10-12)13(16)8-7-11(2)3/h11-12,14H,4-10H2,1-3H3. The highest BCUT2D eigenvalue weighted by Gasteiger charge is 2.22. The second kappa shape index (κ2) is 6.89. The van der Waals surface area contributed by atoms with E-state index < -0.39 is 0 Å². The van der Waals surface area contributed by atoms with E-state index in [9.17, 15) is 4.79 Å². The molecule has 1 N–H and O–H groups in total. The molecule has 0 aliphatic carbocycles. The van der Waals surface area contributed by atoms with Gasteiger partial charge in [-0.25, -0.2) is 0 Å². The molecule has 1 aliphatic heterocycles. The molecule has 0 saturated carbocycles. The van der Waals surface area contributed by atoms with Gasteiger partial charge >= 0.3 is 0 Å². The zero-order valence-corrected chi connectivity index (χ0v) is 11.0. The number of carbonyl (C=O) groups excluding carboxylic acids is 1. The van der Waals surface area contributed by atoms with Crippen molar-refractivity contribution in [3.05, 3.63) is 0 Å². The van der Waals surface area contributed by atoms with E-state index in [1.54, 1.807) is 0 Å². The smallest absolute Gasteiger partial charge is 0.222 e. The van der Waals surface area contributed by atoms with Crippen molar-refractivity contribution in [2.75, 3.05) is 19.6 Å². The van der Waals surface area contributed by atoms with Gasteiger partial charge in [-0.05, 0) is 31.7 Å². The van der Waals surface area contributed by atoms with Crippen LogP contribution in [0.5, 0.6) is 0 Å². The third-order valence-electron chi connectivity index (χ3n) is 3.20. The molecule has 16 heavy (non-hydrogen) atoms. The van der Waals surface area contributed by atoms with Crippen LogP contribution in [0, 0.1) is 5.92 Å². The van der Waals surface area contributed by atoms with Crippen LogP contribution in [0.15, 0.2) is 0 Å². The average Bonchev–Trinajstić information content (AvgIpc) is 2.26. The quantitative estimate of drug-likeness (QED) is 0.778. The maximum atomic E-state index is 12.0. The number of hydrogen-bond donors (Lipinski definition) is 1. The molecule has 1 heterocycles. The Morgan fingerprint density at radius 3 is 2.88 bits per heavy atom. The molecular weight excluding hydrogens is 200 g/mol. The van der Waals surface area contributed by atoms with Gasteiger partial charge in [0.05, 0.1) is 0 Å². The Bertz CT molecular complexity index is 214. The van der Waals surface area contributed by atoms with Crippen molar-refractivity contribution in [3.8, 4) is 0 Å². The van der Waals surface area contributed by atoms with Gasteiger partial charge in [-0.15, -0.1) is 0 Å². The molecule has 0 aromatic carbocycles. The summed E-state index contributed by atoms with van der Waals surface area (Å²) >= 11 is 0. The minimum atomic E-state index is 0.344. The molecule has 0 radical (unpaired) electrons. The van der Waals surface area contributed by atoms with E-state index >= 15 is 0 Å². The van der Waals surface area contributed by atoms with Gasteiger partial charge in [0.1, 0.15) is 0 Å². The molecule has 94 valence electrons. The third kappa shape index (κ3) is 4.52. The summed E-state index contributed by atoms with van der Waals surface area (Å²) in [7, 11) is 0. The maximum absolute atomic E-state index is 12.0. The predicted octanol–water partition coefficient (Wildman–Crippen LogP) is 2.02. The minimum Gasteiger partial charge on any atom is -0.341 e. The van der Waals surface area contributed by atoms with Gasteiger partial charge in [0.2, 0.25) is 5.91 Å². The fourth-order valence-corrected chi connectivity index (χ4v) is 2.23. The summed E-state index contributed by atoms with van der Waals surface area (Å²) in [5, 5.41) is 3.44. The lowest BCUT2D eigenvalue weighted by molar-refractivity contribution is -0.132. The Labute approximate surface area is 99.6 Å². The fraction of sp³-hybridized carbons (Fsp3) is 0.923. The van der Waals surface area contributed by atoms with E-state index in [0.717, 1.165) is 38.9 Å². The van der Waals surface area contributed by atoms with Crippen molar-refractivity contribution in [3.63, 3.8) is 0 Å². The van der Waals surface area contributed by atoms with Crippen LogP contribution in [0.1, 0.15) is 46.5 Å². The number of likely N-dealkylation sites (N-methyl/N-ethyl adjacent to an activating group) is 1. The van der Waals surface area contributed by atoms with Gasteiger partial charge in [0, 0.05) is 25.6 Å². The summed E-state index contributed by atoms with van der Waals surface area (Å²) in [5.74, 6) is 0.967. The van der Waals surface area contributed by atoms with Crippen molar-refractivity contribution >= 4 is 5.91 Å². The van der Waals surface area contributed by atoms with Crippen LogP contribution in [0.2, 0.25) is 0 Å². The molecule has 1 atom stereocenters. The van der Waals surface area contributed by atoms with E-state index in [1.165, 1.54) is 6.42 Å². The van der Waals surface area contributed by atoms with E-state index in [0.29, 0.717) is 17.9 Å². The highest BCUT2D eigenvalue weighted by atomic mass is 16.2. The van der Waals surface area contributed by atoms with Gasteiger partial charge in [0.25, 0.3) is 0 Å². The van der Waals surface area contributed by atoms with E-state index in [2.05, 4.69) is 26.1 Å². The SMILES string of the molecule is CCNC1CCCN(C(=O)CCC(C)C)C1. The molecule has 3 nitrogen and oxygen atoms in total. The predicted molar refractivity (Wildman–Crippen MR) is 67.4 cm³/mol. The van der Waals surface area contributed by atoms with E-state index in [1.807, 2.05) is 4.90 Å². The molecule has 1 amide bonds. The highest BCUT2D eigenvalue weighted by Crippen LogP contribution is 2.13. The Morgan fingerprint density at radius 1 is 1.50 bits per heavy atom. The first-order valence-corrected chi connectivity index (χ1v) is 6.64. The van der Waals surface area contributed by atoms with Gasteiger partial charge < -0.3 is 10.2 Å². The van der Waals surface area contributed by atoms with Crippen molar-refractivity contribution in [1.29, 1.82) is 0 Å². The lowest BCUT2D eigenvalue weighted by Gasteiger charge is -2.33. The normalized spacial score (nSPS) is 21.5. The summed E-state index contributed by atoms with van der Waals surface area (Å²) in [6, 6.07) is 0.516. The lowest BCUT2D eigenvalue weighted by Crippen LogP contribution is -2.47. The topological polar surface area (TPSA) is 32.3 Å². The van der Waals surface area contributed by atoms with Gasteiger partial charge in [-0.1, -0.05) is 20.8 Å².